The van der Waals surface area contributed by atoms with Crippen molar-refractivity contribution in [3.63, 3.8) is 0 Å². The highest BCUT2D eigenvalue weighted by Gasteiger charge is 2.09. The maximum absolute atomic E-state index is 11.6. The van der Waals surface area contributed by atoms with Crippen LogP contribution in [0.15, 0.2) is 39.9 Å². The SMILES string of the molecule is Cc1c(O)n(CCCc2ccccc2)c(=O)[nH]c1=O. The highest BCUT2D eigenvalue weighted by atomic mass is 16.3. The third-order valence-corrected chi connectivity index (χ3v) is 3.09. The van der Waals surface area contributed by atoms with E-state index in [-0.39, 0.29) is 11.4 Å². The van der Waals surface area contributed by atoms with Crippen LogP contribution >= 0.6 is 0 Å². The topological polar surface area (TPSA) is 75.1 Å². The summed E-state index contributed by atoms with van der Waals surface area (Å²) in [6, 6.07) is 9.90. The van der Waals surface area contributed by atoms with E-state index in [1.807, 2.05) is 30.3 Å². The van der Waals surface area contributed by atoms with Gasteiger partial charge in [0.25, 0.3) is 5.56 Å². The maximum Gasteiger partial charge on any atom is 0.331 e. The molecule has 2 rings (SSSR count). The van der Waals surface area contributed by atoms with Gasteiger partial charge in [-0.2, -0.15) is 0 Å². The van der Waals surface area contributed by atoms with Gasteiger partial charge in [-0.1, -0.05) is 30.3 Å². The number of hydrogen-bond acceptors (Lipinski definition) is 3. The van der Waals surface area contributed by atoms with Crippen LogP contribution < -0.4 is 11.2 Å². The molecule has 0 fully saturated rings. The molecule has 1 heterocycles. The van der Waals surface area contributed by atoms with Gasteiger partial charge < -0.3 is 5.11 Å². The van der Waals surface area contributed by atoms with Crippen molar-refractivity contribution in [3.8, 4) is 5.88 Å². The van der Waals surface area contributed by atoms with Gasteiger partial charge in [-0.3, -0.25) is 14.3 Å². The van der Waals surface area contributed by atoms with Crippen molar-refractivity contribution in [1.29, 1.82) is 0 Å². The van der Waals surface area contributed by atoms with Crippen LogP contribution in [0.4, 0.5) is 0 Å². The van der Waals surface area contributed by atoms with Crippen molar-refractivity contribution in [1.82, 2.24) is 9.55 Å². The van der Waals surface area contributed by atoms with E-state index in [2.05, 4.69) is 4.98 Å². The van der Waals surface area contributed by atoms with Crippen LogP contribution in [0.5, 0.6) is 5.88 Å². The Morgan fingerprint density at radius 2 is 1.89 bits per heavy atom. The average molecular weight is 260 g/mol. The predicted octanol–water partition coefficient (Wildman–Crippen LogP) is 1.18. The van der Waals surface area contributed by atoms with Crippen LogP contribution in [0.1, 0.15) is 17.5 Å². The molecule has 2 aromatic rings. The number of aromatic hydroxyl groups is 1. The predicted molar refractivity (Wildman–Crippen MR) is 72.5 cm³/mol. The fourth-order valence-electron chi connectivity index (χ4n) is 1.95. The Kier molecular flexibility index (Phi) is 3.85. The van der Waals surface area contributed by atoms with Gasteiger partial charge in [-0.25, -0.2) is 4.79 Å². The van der Waals surface area contributed by atoms with Gasteiger partial charge in [-0.15, -0.1) is 0 Å². The van der Waals surface area contributed by atoms with Crippen LogP contribution in [0.3, 0.4) is 0 Å². The molecule has 2 N–H and O–H groups in total. The minimum absolute atomic E-state index is 0.166. The number of rotatable bonds is 4. The zero-order valence-electron chi connectivity index (χ0n) is 10.7. The summed E-state index contributed by atoms with van der Waals surface area (Å²) in [5.41, 5.74) is 0.235. The maximum atomic E-state index is 11.6. The molecule has 0 spiro atoms. The highest BCUT2D eigenvalue weighted by molar-refractivity contribution is 5.20. The lowest BCUT2D eigenvalue weighted by molar-refractivity contribution is 0.391. The number of aromatic amines is 1. The molecule has 1 aromatic carbocycles. The molecular formula is C14H16N2O3. The number of aromatic nitrogens is 2. The quantitative estimate of drug-likeness (QED) is 0.867. The van der Waals surface area contributed by atoms with E-state index < -0.39 is 11.2 Å². The molecule has 0 aliphatic heterocycles. The molecule has 0 aliphatic carbocycles. The molecule has 0 amide bonds. The van der Waals surface area contributed by atoms with Crippen LogP contribution in [0.2, 0.25) is 0 Å². The van der Waals surface area contributed by atoms with Gasteiger partial charge >= 0.3 is 5.69 Å². The van der Waals surface area contributed by atoms with E-state index in [9.17, 15) is 14.7 Å². The smallest absolute Gasteiger partial charge is 0.331 e. The minimum atomic E-state index is -0.568. The summed E-state index contributed by atoms with van der Waals surface area (Å²) in [4.78, 5) is 25.1. The van der Waals surface area contributed by atoms with Crippen LogP contribution in [0, 0.1) is 6.92 Å². The first-order chi connectivity index (χ1) is 9.09. The van der Waals surface area contributed by atoms with Crippen molar-refractivity contribution >= 4 is 0 Å². The highest BCUT2D eigenvalue weighted by Crippen LogP contribution is 2.10. The van der Waals surface area contributed by atoms with Gasteiger partial charge in [0.2, 0.25) is 5.88 Å². The average Bonchev–Trinajstić information content (AvgIpc) is 2.41. The van der Waals surface area contributed by atoms with E-state index in [1.54, 1.807) is 0 Å². The molecule has 1 aromatic heterocycles. The molecule has 0 saturated heterocycles. The van der Waals surface area contributed by atoms with Crippen molar-refractivity contribution in [3.05, 3.63) is 62.3 Å². The third-order valence-electron chi connectivity index (χ3n) is 3.09. The first kappa shape index (κ1) is 13.1. The summed E-state index contributed by atoms with van der Waals surface area (Å²) in [7, 11) is 0. The molecule has 0 saturated carbocycles. The van der Waals surface area contributed by atoms with Gasteiger partial charge in [-0.05, 0) is 25.3 Å². The van der Waals surface area contributed by atoms with Gasteiger partial charge in [0.1, 0.15) is 0 Å². The zero-order valence-corrected chi connectivity index (χ0v) is 10.7. The Balaban J connectivity index is 2.11. The van der Waals surface area contributed by atoms with Gasteiger partial charge in [0, 0.05) is 6.54 Å². The standard InChI is InChI=1S/C14H16N2O3/c1-10-12(17)15-14(19)16(13(10)18)9-5-8-11-6-3-2-4-7-11/h2-4,6-7,18H,5,8-9H2,1H3,(H,15,17,19). The van der Waals surface area contributed by atoms with Crippen LogP contribution in [0.25, 0.3) is 0 Å². The van der Waals surface area contributed by atoms with Crippen LogP contribution in [-0.4, -0.2) is 14.7 Å². The first-order valence-electron chi connectivity index (χ1n) is 6.16. The second-order valence-electron chi connectivity index (χ2n) is 4.45. The fraction of sp³-hybridized carbons (Fsp3) is 0.286. The molecule has 0 radical (unpaired) electrons. The van der Waals surface area contributed by atoms with E-state index in [1.165, 1.54) is 17.1 Å². The molecule has 0 unspecified atom stereocenters. The minimum Gasteiger partial charge on any atom is -0.494 e. The Morgan fingerprint density at radius 1 is 1.21 bits per heavy atom. The Bertz CT molecular complexity index is 671. The van der Waals surface area contributed by atoms with E-state index in [4.69, 9.17) is 0 Å². The summed E-state index contributed by atoms with van der Waals surface area (Å²) in [5, 5.41) is 9.80. The van der Waals surface area contributed by atoms with Crippen molar-refractivity contribution in [2.24, 2.45) is 0 Å². The fourth-order valence-corrected chi connectivity index (χ4v) is 1.95. The van der Waals surface area contributed by atoms with Crippen molar-refractivity contribution in [2.75, 3.05) is 0 Å². The summed E-state index contributed by atoms with van der Waals surface area (Å²) < 4.78 is 1.19. The summed E-state index contributed by atoms with van der Waals surface area (Å²) in [5.74, 6) is -0.248. The molecular weight excluding hydrogens is 244 g/mol. The second-order valence-corrected chi connectivity index (χ2v) is 4.45. The first-order valence-corrected chi connectivity index (χ1v) is 6.16. The summed E-state index contributed by atoms with van der Waals surface area (Å²) >= 11 is 0. The van der Waals surface area contributed by atoms with Crippen molar-refractivity contribution < 1.29 is 5.11 Å². The second kappa shape index (κ2) is 5.56. The van der Waals surface area contributed by atoms with E-state index in [0.29, 0.717) is 13.0 Å². The Morgan fingerprint density at radius 3 is 2.58 bits per heavy atom. The molecule has 0 bridgehead atoms. The number of nitrogens with zero attached hydrogens (tertiary/aromatic N) is 1. The summed E-state index contributed by atoms with van der Waals surface area (Å²) in [6.07, 6.45) is 1.52. The van der Waals surface area contributed by atoms with Gasteiger partial charge in [0.05, 0.1) is 5.56 Å². The van der Waals surface area contributed by atoms with Crippen LogP contribution in [-0.2, 0) is 13.0 Å². The van der Waals surface area contributed by atoms with E-state index in [0.717, 1.165) is 6.42 Å². The zero-order chi connectivity index (χ0) is 13.8. The van der Waals surface area contributed by atoms with E-state index >= 15 is 0 Å². The number of nitrogens with one attached hydrogen (secondary N) is 1. The number of hydrogen-bond donors (Lipinski definition) is 2. The number of benzene rings is 1. The number of H-pyrrole nitrogens is 1. The molecule has 0 aliphatic rings. The molecule has 5 nitrogen and oxygen atoms in total. The van der Waals surface area contributed by atoms with Crippen molar-refractivity contribution in [2.45, 2.75) is 26.3 Å². The molecule has 5 heteroatoms. The van der Waals surface area contributed by atoms with Gasteiger partial charge in [0.15, 0.2) is 0 Å². The monoisotopic (exact) mass is 260 g/mol. The lowest BCUT2D eigenvalue weighted by atomic mass is 10.1. The summed E-state index contributed by atoms with van der Waals surface area (Å²) in [6.45, 7) is 1.86. The lowest BCUT2D eigenvalue weighted by Gasteiger charge is -2.09. The number of aryl methyl sites for hydroxylation is 1. The molecule has 19 heavy (non-hydrogen) atoms. The molecule has 0 atom stereocenters. The Hall–Kier alpha value is -2.30. The largest absolute Gasteiger partial charge is 0.494 e. The lowest BCUT2D eigenvalue weighted by Crippen LogP contribution is -2.31. The Labute approximate surface area is 110 Å². The third kappa shape index (κ3) is 2.93. The normalized spacial score (nSPS) is 10.6. The molecule has 100 valence electrons.